The van der Waals surface area contributed by atoms with E-state index in [4.69, 9.17) is 14.2 Å². The molecule has 1 saturated heterocycles. The Morgan fingerprint density at radius 1 is 1.24 bits per heavy atom. The Morgan fingerprint density at radius 3 is 2.71 bits per heavy atom. The third kappa shape index (κ3) is 5.33. The number of nitrogens with one attached hydrogen (secondary N) is 2. The number of amides is 1. The number of rotatable bonds is 9. The van der Waals surface area contributed by atoms with Crippen LogP contribution in [0, 0.1) is 5.82 Å². The van der Waals surface area contributed by atoms with Gasteiger partial charge >= 0.3 is 0 Å². The van der Waals surface area contributed by atoms with Gasteiger partial charge in [0.05, 0.1) is 30.6 Å². The number of fused-ring (bicyclic) bond motifs is 3. The average Bonchev–Trinajstić information content (AvgIpc) is 3.17. The van der Waals surface area contributed by atoms with E-state index in [0.717, 1.165) is 17.7 Å². The fraction of sp³-hybridized carbons (Fsp3) is 0.435. The number of carbonyl (C=O) groups excluding carboxylic acids is 1. The maximum atomic E-state index is 13.2. The monoisotopic (exact) mass is 494 g/mol. The lowest BCUT2D eigenvalue weighted by Gasteiger charge is -2.37. The molecule has 0 saturated carbocycles. The zero-order chi connectivity index (χ0) is 24.3. The van der Waals surface area contributed by atoms with Crippen LogP contribution in [0.5, 0.6) is 5.75 Å². The highest BCUT2D eigenvalue weighted by Gasteiger charge is 2.46. The van der Waals surface area contributed by atoms with Crippen LogP contribution < -0.4 is 14.8 Å². The SMILES string of the molecule is COCCNC(=O)C[C@@H]1C[C@H]2c3cc(NS(=O)(=O)c4ccc(F)cc4)ccc3O[C@H]2[C@H](CO)O1. The summed E-state index contributed by atoms with van der Waals surface area (Å²) < 4.78 is 58.0. The van der Waals surface area contributed by atoms with Gasteiger partial charge in [-0.05, 0) is 48.9 Å². The second-order valence-electron chi connectivity index (χ2n) is 8.26. The quantitative estimate of drug-likeness (QED) is 0.454. The minimum atomic E-state index is -3.92. The van der Waals surface area contributed by atoms with E-state index in [2.05, 4.69) is 10.0 Å². The van der Waals surface area contributed by atoms with Crippen LogP contribution in [0.2, 0.25) is 0 Å². The summed E-state index contributed by atoms with van der Waals surface area (Å²) in [6.45, 7) is 0.515. The van der Waals surface area contributed by atoms with Crippen molar-refractivity contribution >= 4 is 21.6 Å². The molecular weight excluding hydrogens is 467 g/mol. The van der Waals surface area contributed by atoms with Gasteiger partial charge in [-0.1, -0.05) is 0 Å². The summed E-state index contributed by atoms with van der Waals surface area (Å²) in [4.78, 5) is 12.2. The van der Waals surface area contributed by atoms with Crippen molar-refractivity contribution in [1.82, 2.24) is 5.32 Å². The Hall–Kier alpha value is -2.73. The molecule has 11 heteroatoms. The number of anilines is 1. The molecule has 9 nitrogen and oxygen atoms in total. The number of aliphatic hydroxyl groups is 1. The molecule has 0 aliphatic carbocycles. The van der Waals surface area contributed by atoms with Gasteiger partial charge in [-0.2, -0.15) is 0 Å². The fourth-order valence-corrected chi connectivity index (χ4v) is 5.40. The minimum Gasteiger partial charge on any atom is -0.487 e. The van der Waals surface area contributed by atoms with Gasteiger partial charge in [0, 0.05) is 30.8 Å². The molecule has 3 N–H and O–H groups in total. The Morgan fingerprint density at radius 2 is 2.00 bits per heavy atom. The molecule has 184 valence electrons. The summed E-state index contributed by atoms with van der Waals surface area (Å²) in [6.07, 6.45) is -0.913. The Kier molecular flexibility index (Phi) is 7.36. The van der Waals surface area contributed by atoms with Gasteiger partial charge in [0.25, 0.3) is 10.0 Å². The third-order valence-corrected chi connectivity index (χ3v) is 7.31. The zero-order valence-electron chi connectivity index (χ0n) is 18.6. The molecule has 2 aromatic carbocycles. The molecule has 4 atom stereocenters. The highest BCUT2D eigenvalue weighted by Crippen LogP contribution is 2.47. The third-order valence-electron chi connectivity index (χ3n) is 5.92. The molecule has 1 fully saturated rings. The maximum absolute atomic E-state index is 13.2. The summed E-state index contributed by atoms with van der Waals surface area (Å²) in [7, 11) is -2.37. The van der Waals surface area contributed by atoms with E-state index in [0.29, 0.717) is 31.0 Å². The van der Waals surface area contributed by atoms with Crippen LogP contribution in [0.4, 0.5) is 10.1 Å². The second kappa shape index (κ2) is 10.3. The van der Waals surface area contributed by atoms with Crippen molar-refractivity contribution in [3.63, 3.8) is 0 Å². The molecule has 34 heavy (non-hydrogen) atoms. The van der Waals surface area contributed by atoms with E-state index in [1.807, 2.05) is 0 Å². The molecule has 0 unspecified atom stereocenters. The van der Waals surface area contributed by atoms with Crippen LogP contribution >= 0.6 is 0 Å². The van der Waals surface area contributed by atoms with Crippen molar-refractivity contribution in [2.24, 2.45) is 0 Å². The lowest BCUT2D eigenvalue weighted by atomic mass is 9.84. The molecule has 2 aromatic rings. The molecule has 1 amide bonds. The Balaban J connectivity index is 1.51. The maximum Gasteiger partial charge on any atom is 0.261 e. The molecule has 0 bridgehead atoms. The molecule has 0 spiro atoms. The zero-order valence-corrected chi connectivity index (χ0v) is 19.4. The van der Waals surface area contributed by atoms with Gasteiger partial charge in [0.2, 0.25) is 5.91 Å². The summed E-state index contributed by atoms with van der Waals surface area (Å²) in [5, 5.41) is 12.6. The first-order valence-electron chi connectivity index (χ1n) is 10.9. The second-order valence-corrected chi connectivity index (χ2v) is 9.95. The molecule has 2 aliphatic rings. The van der Waals surface area contributed by atoms with E-state index < -0.39 is 34.2 Å². The van der Waals surface area contributed by atoms with E-state index in [-0.39, 0.29) is 29.7 Å². The number of ether oxygens (including phenoxy) is 3. The van der Waals surface area contributed by atoms with Crippen molar-refractivity contribution in [3.05, 3.63) is 53.8 Å². The number of hydrogen-bond acceptors (Lipinski definition) is 7. The number of hydrogen-bond donors (Lipinski definition) is 3. The predicted octanol–water partition coefficient (Wildman–Crippen LogP) is 1.77. The Bertz CT molecular complexity index is 1130. The van der Waals surface area contributed by atoms with E-state index in [1.54, 1.807) is 25.3 Å². The highest BCUT2D eigenvalue weighted by molar-refractivity contribution is 7.92. The number of sulfonamides is 1. The van der Waals surface area contributed by atoms with Crippen molar-refractivity contribution < 1.29 is 36.9 Å². The van der Waals surface area contributed by atoms with Crippen molar-refractivity contribution in [2.45, 2.75) is 42.0 Å². The Labute approximate surface area is 197 Å². The molecule has 0 radical (unpaired) electrons. The molecular formula is C23H27FN2O7S. The lowest BCUT2D eigenvalue weighted by Crippen LogP contribution is -2.47. The van der Waals surface area contributed by atoms with Crippen LogP contribution in [0.1, 0.15) is 24.3 Å². The molecule has 4 rings (SSSR count). The molecule has 2 aliphatic heterocycles. The summed E-state index contributed by atoms with van der Waals surface area (Å²) in [5.74, 6) is -0.323. The van der Waals surface area contributed by atoms with Crippen LogP contribution in [-0.2, 0) is 24.3 Å². The van der Waals surface area contributed by atoms with E-state index in [1.165, 1.54) is 12.1 Å². The first-order chi connectivity index (χ1) is 16.3. The van der Waals surface area contributed by atoms with Crippen LogP contribution in [0.15, 0.2) is 47.4 Å². The molecule has 0 aromatic heterocycles. The number of halogens is 1. The van der Waals surface area contributed by atoms with Gasteiger partial charge in [-0.15, -0.1) is 0 Å². The summed E-state index contributed by atoms with van der Waals surface area (Å²) in [6, 6.07) is 9.48. The smallest absolute Gasteiger partial charge is 0.261 e. The van der Waals surface area contributed by atoms with Crippen molar-refractivity contribution in [2.75, 3.05) is 31.6 Å². The average molecular weight is 495 g/mol. The van der Waals surface area contributed by atoms with Crippen molar-refractivity contribution in [3.8, 4) is 5.75 Å². The first-order valence-corrected chi connectivity index (χ1v) is 12.4. The summed E-state index contributed by atoms with van der Waals surface area (Å²) >= 11 is 0. The largest absolute Gasteiger partial charge is 0.487 e. The van der Waals surface area contributed by atoms with Gasteiger partial charge in [-0.25, -0.2) is 12.8 Å². The van der Waals surface area contributed by atoms with Gasteiger partial charge < -0.3 is 24.6 Å². The number of benzene rings is 2. The lowest BCUT2D eigenvalue weighted by molar-refractivity contribution is -0.142. The van der Waals surface area contributed by atoms with Crippen molar-refractivity contribution in [1.29, 1.82) is 0 Å². The van der Waals surface area contributed by atoms with Crippen LogP contribution in [0.25, 0.3) is 0 Å². The number of methoxy groups -OCH3 is 1. The van der Waals surface area contributed by atoms with Crippen LogP contribution in [-0.4, -0.2) is 64.6 Å². The normalized spacial score (nSPS) is 23.5. The number of aliphatic hydroxyl groups excluding tert-OH is 1. The minimum absolute atomic E-state index is 0.0607. The van der Waals surface area contributed by atoms with Gasteiger partial charge in [0.15, 0.2) is 0 Å². The van der Waals surface area contributed by atoms with E-state index >= 15 is 0 Å². The fourth-order valence-electron chi connectivity index (χ4n) is 4.35. The molecule has 2 heterocycles. The van der Waals surface area contributed by atoms with Gasteiger partial charge in [-0.3, -0.25) is 9.52 Å². The van der Waals surface area contributed by atoms with Crippen LogP contribution in [0.3, 0.4) is 0 Å². The number of carbonyl (C=O) groups is 1. The highest BCUT2D eigenvalue weighted by atomic mass is 32.2. The van der Waals surface area contributed by atoms with E-state index in [9.17, 15) is 22.7 Å². The summed E-state index contributed by atoms with van der Waals surface area (Å²) in [5.41, 5.74) is 1.10. The van der Waals surface area contributed by atoms with Gasteiger partial charge in [0.1, 0.15) is 23.8 Å². The standard InChI is InChI=1S/C23H27FN2O7S/c1-31-9-8-25-22(28)12-16-11-19-18-10-15(4-7-20(18)33-23(19)21(13-27)32-16)26-34(29,30)17-5-2-14(24)3-6-17/h2-7,10,16,19,21,23,26-27H,8-9,11-13H2,1H3,(H,25,28)/t16-,19-,21-,23+/m0/s1. The first kappa shape index (κ1) is 24.4. The predicted molar refractivity (Wildman–Crippen MR) is 121 cm³/mol. The topological polar surface area (TPSA) is 123 Å².